The van der Waals surface area contributed by atoms with Gasteiger partial charge in [0, 0.05) is 29.6 Å². The first-order valence-electron chi connectivity index (χ1n) is 12.2. The first-order chi connectivity index (χ1) is 15.5. The second kappa shape index (κ2) is 7.49. The van der Waals surface area contributed by atoms with Crippen LogP contribution in [0.1, 0.15) is 44.6 Å². The number of ether oxygens (including phenoxy) is 3. The molecule has 4 aliphatic rings. The van der Waals surface area contributed by atoms with E-state index in [1.807, 2.05) is 6.07 Å². The second-order valence-electron chi connectivity index (χ2n) is 10.8. The summed E-state index contributed by atoms with van der Waals surface area (Å²) in [6, 6.07) is 6.11. The molecule has 1 aromatic carbocycles. The number of methoxy groups -OCH3 is 1. The largest absolute Gasteiger partial charge is 0.497 e. The van der Waals surface area contributed by atoms with E-state index in [0.717, 1.165) is 43.7 Å². The maximum absolute atomic E-state index is 12.8. The van der Waals surface area contributed by atoms with Gasteiger partial charge in [-0.15, -0.1) is 0 Å². The number of aromatic nitrogens is 1. The van der Waals surface area contributed by atoms with Crippen LogP contribution in [-0.2, 0) is 20.7 Å². The zero-order valence-corrected chi connectivity index (χ0v) is 19.1. The van der Waals surface area contributed by atoms with Crippen molar-refractivity contribution in [2.24, 2.45) is 23.2 Å². The Kier molecular flexibility index (Phi) is 4.81. The highest BCUT2D eigenvalue weighted by molar-refractivity contribution is 5.84. The smallest absolute Gasteiger partial charge is 0.310 e. The number of hydrogen-bond acceptors (Lipinski definition) is 5. The Labute approximate surface area is 189 Å². The summed E-state index contributed by atoms with van der Waals surface area (Å²) in [4.78, 5) is 16.1. The van der Waals surface area contributed by atoms with Gasteiger partial charge in [0.05, 0.1) is 25.2 Å². The number of esters is 1. The summed E-state index contributed by atoms with van der Waals surface area (Å²) in [6.07, 6.45) is 8.81. The molecule has 2 saturated carbocycles. The molecule has 32 heavy (non-hydrogen) atoms. The fourth-order valence-corrected chi connectivity index (χ4v) is 7.16. The minimum absolute atomic E-state index is 0.00246. The van der Waals surface area contributed by atoms with Crippen molar-refractivity contribution in [1.29, 1.82) is 0 Å². The van der Waals surface area contributed by atoms with Crippen LogP contribution in [0, 0.1) is 23.2 Å². The number of fused-ring (bicyclic) bond motifs is 4. The Hall–Kier alpha value is -2.05. The molecule has 0 radical (unpaired) electrons. The van der Waals surface area contributed by atoms with Crippen molar-refractivity contribution < 1.29 is 19.0 Å². The Morgan fingerprint density at radius 3 is 3.00 bits per heavy atom. The average Bonchev–Trinajstić information content (AvgIpc) is 3.33. The van der Waals surface area contributed by atoms with Crippen molar-refractivity contribution in [3.05, 3.63) is 30.0 Å². The van der Waals surface area contributed by atoms with Gasteiger partial charge in [0.25, 0.3) is 0 Å². The summed E-state index contributed by atoms with van der Waals surface area (Å²) >= 11 is 0. The molecule has 6 heteroatoms. The summed E-state index contributed by atoms with van der Waals surface area (Å²) in [5.41, 5.74) is 2.76. The van der Waals surface area contributed by atoms with Crippen molar-refractivity contribution in [1.82, 2.24) is 10.3 Å². The van der Waals surface area contributed by atoms with Gasteiger partial charge in [0.15, 0.2) is 0 Å². The van der Waals surface area contributed by atoms with Crippen LogP contribution in [0.3, 0.4) is 0 Å². The molecule has 0 amide bonds. The van der Waals surface area contributed by atoms with Crippen molar-refractivity contribution in [2.45, 2.75) is 57.2 Å². The fraction of sp³-hybridized carbons (Fsp3) is 0.654. The number of carbonyl (C=O) groups is 1. The summed E-state index contributed by atoms with van der Waals surface area (Å²) in [5, 5.41) is 4.76. The molecule has 6 rings (SSSR count). The van der Waals surface area contributed by atoms with Crippen molar-refractivity contribution in [3.63, 3.8) is 0 Å². The van der Waals surface area contributed by atoms with Crippen LogP contribution in [0.2, 0.25) is 0 Å². The van der Waals surface area contributed by atoms with Gasteiger partial charge in [-0.3, -0.25) is 4.79 Å². The molecule has 1 aromatic heterocycles. The van der Waals surface area contributed by atoms with E-state index in [2.05, 4.69) is 35.6 Å². The van der Waals surface area contributed by atoms with Gasteiger partial charge >= 0.3 is 5.97 Å². The van der Waals surface area contributed by atoms with E-state index >= 15 is 0 Å². The highest BCUT2D eigenvalue weighted by Crippen LogP contribution is 2.62. The first-order valence-corrected chi connectivity index (χ1v) is 12.2. The van der Waals surface area contributed by atoms with E-state index in [4.69, 9.17) is 14.2 Å². The van der Waals surface area contributed by atoms with E-state index < -0.39 is 0 Å². The Morgan fingerprint density at radius 2 is 2.19 bits per heavy atom. The van der Waals surface area contributed by atoms with Crippen LogP contribution < -0.4 is 10.1 Å². The predicted octanol–water partition coefficient (Wildman–Crippen LogP) is 3.84. The number of carbonyl (C=O) groups excluding carboxylic acids is 1. The minimum Gasteiger partial charge on any atom is -0.497 e. The number of H-pyrrole nitrogens is 1. The molecule has 2 N–H and O–H groups in total. The van der Waals surface area contributed by atoms with E-state index in [-0.39, 0.29) is 29.0 Å². The highest BCUT2D eigenvalue weighted by Gasteiger charge is 2.64. The van der Waals surface area contributed by atoms with Gasteiger partial charge in [-0.2, -0.15) is 0 Å². The van der Waals surface area contributed by atoms with Crippen LogP contribution in [0.25, 0.3) is 10.9 Å². The molecular formula is C26H34N2O4. The third-order valence-electron chi connectivity index (χ3n) is 8.99. The molecule has 3 heterocycles. The highest BCUT2D eigenvalue weighted by atomic mass is 16.6. The van der Waals surface area contributed by atoms with E-state index in [1.54, 1.807) is 7.11 Å². The van der Waals surface area contributed by atoms with Crippen LogP contribution in [0.5, 0.6) is 5.75 Å². The Bertz CT molecular complexity index is 1030. The molecule has 0 unspecified atom stereocenters. The molecule has 0 bridgehead atoms. The SMILES string of the molecule is COc1ccc2[nH]cc(CCNC[C@@H]3C(=O)O[C@@H]4C[C@@]5(C)CCC[C@]6(CO6)[C@H]5C[C@H]34)c2c1. The zero-order chi connectivity index (χ0) is 21.9. The summed E-state index contributed by atoms with van der Waals surface area (Å²) in [6.45, 7) is 4.85. The number of benzene rings is 1. The molecule has 2 saturated heterocycles. The third-order valence-corrected chi connectivity index (χ3v) is 8.99. The van der Waals surface area contributed by atoms with Crippen molar-refractivity contribution in [2.75, 3.05) is 26.8 Å². The van der Waals surface area contributed by atoms with Gasteiger partial charge in [0.1, 0.15) is 11.9 Å². The summed E-state index contributed by atoms with van der Waals surface area (Å²) in [7, 11) is 1.70. The average molecular weight is 439 g/mol. The van der Waals surface area contributed by atoms with Crippen LogP contribution in [0.4, 0.5) is 0 Å². The molecule has 6 atom stereocenters. The normalized spacial score (nSPS) is 37.9. The van der Waals surface area contributed by atoms with Crippen molar-refractivity contribution in [3.8, 4) is 5.75 Å². The molecule has 1 spiro atoms. The van der Waals surface area contributed by atoms with E-state index in [1.165, 1.54) is 30.2 Å². The standard InChI is InChI=1S/C26H34N2O4/c1-25-7-3-8-26(15-31-26)23(25)11-19-20(24(29)32-22(19)12-25)14-27-9-6-16-13-28-21-5-4-17(30-2)10-18(16)21/h4-5,10,13,19-20,22-23,27-28H,3,6-9,11-12,14-15H2,1-2H3/t19-,20+,22-,23+,25-,26+/m1/s1. The lowest BCUT2D eigenvalue weighted by Crippen LogP contribution is -2.51. The molecule has 4 fully saturated rings. The Balaban J connectivity index is 1.09. The van der Waals surface area contributed by atoms with Gasteiger partial charge in [0.2, 0.25) is 0 Å². The van der Waals surface area contributed by atoms with Crippen LogP contribution in [0.15, 0.2) is 24.4 Å². The lowest BCUT2D eigenvalue weighted by Gasteiger charge is -2.51. The van der Waals surface area contributed by atoms with Crippen molar-refractivity contribution >= 4 is 16.9 Å². The van der Waals surface area contributed by atoms with E-state index in [9.17, 15) is 4.79 Å². The number of nitrogens with one attached hydrogen (secondary N) is 2. The quantitative estimate of drug-likeness (QED) is 0.407. The first kappa shape index (κ1) is 20.5. The summed E-state index contributed by atoms with van der Waals surface area (Å²) in [5.74, 6) is 1.73. The molecular weight excluding hydrogens is 404 g/mol. The maximum atomic E-state index is 12.8. The minimum atomic E-state index is -0.0367. The summed E-state index contributed by atoms with van der Waals surface area (Å²) < 4.78 is 17.3. The second-order valence-corrected chi connectivity index (χ2v) is 10.8. The van der Waals surface area contributed by atoms with Crippen LogP contribution >= 0.6 is 0 Å². The van der Waals surface area contributed by atoms with Crippen LogP contribution in [-0.4, -0.2) is 49.5 Å². The van der Waals surface area contributed by atoms with Gasteiger partial charge in [-0.1, -0.05) is 6.92 Å². The monoisotopic (exact) mass is 438 g/mol. The van der Waals surface area contributed by atoms with Gasteiger partial charge < -0.3 is 24.5 Å². The number of epoxide rings is 1. The van der Waals surface area contributed by atoms with E-state index in [0.29, 0.717) is 18.4 Å². The molecule has 2 aromatic rings. The number of rotatable bonds is 6. The molecule has 2 aliphatic carbocycles. The third kappa shape index (κ3) is 3.26. The molecule has 6 nitrogen and oxygen atoms in total. The van der Waals surface area contributed by atoms with Gasteiger partial charge in [-0.05, 0) is 80.2 Å². The fourth-order valence-electron chi connectivity index (χ4n) is 7.16. The predicted molar refractivity (Wildman–Crippen MR) is 122 cm³/mol. The number of aromatic amines is 1. The maximum Gasteiger partial charge on any atom is 0.310 e. The lowest BCUT2D eigenvalue weighted by molar-refractivity contribution is -0.147. The Morgan fingerprint density at radius 1 is 1.31 bits per heavy atom. The number of hydrogen-bond donors (Lipinski definition) is 2. The zero-order valence-electron chi connectivity index (χ0n) is 19.1. The topological polar surface area (TPSA) is 75.9 Å². The lowest BCUT2D eigenvalue weighted by atomic mass is 9.53. The molecule has 2 aliphatic heterocycles. The van der Waals surface area contributed by atoms with Gasteiger partial charge in [-0.25, -0.2) is 0 Å². The molecule has 172 valence electrons.